The van der Waals surface area contributed by atoms with Gasteiger partial charge in [0.25, 0.3) is 5.91 Å². The van der Waals surface area contributed by atoms with Gasteiger partial charge in [-0.1, -0.05) is 12.1 Å². The number of ketones is 1. The van der Waals surface area contributed by atoms with Crippen LogP contribution < -0.4 is 10.6 Å². The number of amides is 3. The van der Waals surface area contributed by atoms with Gasteiger partial charge in [0.1, 0.15) is 11.8 Å². The number of fused-ring (bicyclic) bond motifs is 7. The smallest absolute Gasteiger partial charge is 0.426 e. The van der Waals surface area contributed by atoms with Crippen molar-refractivity contribution in [2.24, 2.45) is 0 Å². The molecule has 0 saturated carbocycles. The monoisotopic (exact) mass is 855 g/mol. The van der Waals surface area contributed by atoms with Gasteiger partial charge in [-0.25, -0.2) is 0 Å². The number of carbonyl (C=O) groups is 7. The Morgan fingerprint density at radius 2 is 1.35 bits per heavy atom. The molecule has 4 bridgehead atoms. The molecule has 4 saturated heterocycles. The standard InChI is InChI=1S/C36H56BN7O12.Ga/c1-26(36(54)44-13-3-5-30(44)37(55)56)39-35(53)28-9-6-27(7-10-28)8-11-29(45)4-2-12-38-31(46)22-40-14-16-41(23-32(47)48)18-20-43(25-34(51)52)21-19-42(17-15-40)24-33(49)50;/h6-7,9-10,26,30,55-56H,2-5,8,11-25H2,1H3,(H,38,46)(H,39,53)(H,47,48)(H,49,50)(H,51,52);/q;+3/p-3/t26-,30+;/m1./s1. The maximum absolute atomic E-state index is 13.0. The second kappa shape index (κ2) is 21.8. The zero-order valence-electron chi connectivity index (χ0n) is 32.5. The molecule has 4 N–H and O–H groups in total. The van der Waals surface area contributed by atoms with E-state index in [2.05, 4.69) is 10.6 Å². The summed E-state index contributed by atoms with van der Waals surface area (Å²) in [5.41, 5.74) is 1.23. The van der Waals surface area contributed by atoms with Gasteiger partial charge in [0.15, 0.2) is 0 Å². The van der Waals surface area contributed by atoms with Crippen LogP contribution in [0.1, 0.15) is 54.9 Å². The van der Waals surface area contributed by atoms with E-state index in [1.165, 1.54) is 4.90 Å². The molecule has 310 valence electrons. The maximum atomic E-state index is 13.0. The van der Waals surface area contributed by atoms with Crippen LogP contribution in [0.2, 0.25) is 0 Å². The van der Waals surface area contributed by atoms with Crippen LogP contribution in [0.15, 0.2) is 24.3 Å². The first-order valence-electron chi connectivity index (χ1n) is 19.7. The third kappa shape index (κ3) is 14.2. The van der Waals surface area contributed by atoms with Crippen molar-refractivity contribution in [1.29, 1.82) is 0 Å². The Morgan fingerprint density at radius 1 is 0.807 bits per heavy atom. The molecule has 1 aromatic rings. The number of benzene rings is 1. The number of Topliss-reactive ketones (excluding diaryl/α,β-unsaturated/α-hetero) is 1. The quantitative estimate of drug-likeness (QED) is 0.115. The Labute approximate surface area is 338 Å². The minimum atomic E-state index is -3.94. The number of hydrogen-bond acceptors (Lipinski definition) is 16. The van der Waals surface area contributed by atoms with Crippen molar-refractivity contribution in [3.05, 3.63) is 35.4 Å². The maximum Gasteiger partial charge on any atom is 0.475 e. The number of nitrogens with one attached hydrogen (secondary N) is 2. The number of hydrogen-bond donors (Lipinski definition) is 4. The molecule has 4 fully saturated rings. The molecular weight excluding hydrogens is 803 g/mol. The van der Waals surface area contributed by atoms with Crippen LogP contribution in [0.25, 0.3) is 0 Å². The zero-order chi connectivity index (χ0) is 40.9. The summed E-state index contributed by atoms with van der Waals surface area (Å²) in [6.45, 7) is 6.06. The Bertz CT molecular complexity index is 1570. The fourth-order valence-electron chi connectivity index (χ4n) is 7.24. The summed E-state index contributed by atoms with van der Waals surface area (Å²) in [6.07, 6.45) is 2.68. The Morgan fingerprint density at radius 3 is 1.89 bits per heavy atom. The van der Waals surface area contributed by atoms with Gasteiger partial charge in [-0.05, 0) is 43.9 Å². The van der Waals surface area contributed by atoms with E-state index >= 15 is 0 Å². The number of aryl methyl sites for hydroxylation is 1. The summed E-state index contributed by atoms with van der Waals surface area (Å²) in [5.74, 6) is -3.49. The van der Waals surface area contributed by atoms with Crippen molar-refractivity contribution in [3.63, 3.8) is 0 Å². The Balaban J connectivity index is 1.03. The van der Waals surface area contributed by atoms with Crippen LogP contribution in [-0.2, 0) is 45.8 Å². The van der Waals surface area contributed by atoms with E-state index in [4.69, 9.17) is 10.6 Å². The van der Waals surface area contributed by atoms with Gasteiger partial charge in [-0.2, -0.15) is 0 Å². The van der Waals surface area contributed by atoms with Crippen LogP contribution in [0.4, 0.5) is 0 Å². The molecule has 57 heavy (non-hydrogen) atoms. The third-order valence-electron chi connectivity index (χ3n) is 10.5. The van der Waals surface area contributed by atoms with E-state index in [0.29, 0.717) is 103 Å². The molecule has 3 amide bonds. The van der Waals surface area contributed by atoms with Crippen LogP contribution in [-0.4, -0.2) is 204 Å². The fourth-order valence-corrected chi connectivity index (χ4v) is 9.36. The van der Waals surface area contributed by atoms with E-state index in [9.17, 15) is 43.6 Å². The first-order chi connectivity index (χ1) is 27.3. The van der Waals surface area contributed by atoms with Gasteiger partial charge in [0.2, 0.25) is 5.91 Å². The van der Waals surface area contributed by atoms with Crippen LogP contribution in [0, 0.1) is 0 Å². The minimum Gasteiger partial charge on any atom is -0.426 e. The van der Waals surface area contributed by atoms with Crippen LogP contribution in [0.3, 0.4) is 0 Å². The van der Waals surface area contributed by atoms with E-state index in [-0.39, 0.29) is 50.2 Å². The minimum absolute atomic E-state index is 0.000588. The average molecular weight is 856 g/mol. The molecule has 0 aliphatic carbocycles. The zero-order valence-corrected chi connectivity index (χ0v) is 34.9. The Kier molecular flexibility index (Phi) is 16.9. The number of nitrogens with zero attached hydrogens (tertiary/aromatic N) is 5. The van der Waals surface area contributed by atoms with Crippen molar-refractivity contribution in [1.82, 2.24) is 35.1 Å². The molecular formula is C36H53BGaN7O12. The summed E-state index contributed by atoms with van der Waals surface area (Å²) in [6, 6.07) is 5.94. The molecule has 4 aliphatic rings. The first kappa shape index (κ1) is 44.3. The van der Waals surface area contributed by atoms with E-state index in [0.717, 1.165) is 5.56 Å². The van der Waals surface area contributed by atoms with Crippen molar-refractivity contribution in [2.45, 2.75) is 57.4 Å². The molecule has 1 aromatic carbocycles. The Hall–Kier alpha value is -3.83. The summed E-state index contributed by atoms with van der Waals surface area (Å²) in [4.78, 5) is 98.4. The molecule has 0 radical (unpaired) electrons. The molecule has 0 spiro atoms. The third-order valence-corrected chi connectivity index (χ3v) is 13.4. The predicted octanol–water partition coefficient (Wildman–Crippen LogP) is -2.93. The molecule has 19 nitrogen and oxygen atoms in total. The van der Waals surface area contributed by atoms with Gasteiger partial charge >= 0.3 is 194 Å². The van der Waals surface area contributed by atoms with E-state index < -0.39 is 60.2 Å². The number of rotatable bonds is 13. The van der Waals surface area contributed by atoms with Crippen molar-refractivity contribution in [3.8, 4) is 0 Å². The largest absolute Gasteiger partial charge is 0.475 e. The predicted molar refractivity (Wildman–Crippen MR) is 204 cm³/mol. The first-order valence-corrected chi connectivity index (χ1v) is 22.6. The molecule has 0 aromatic heterocycles. The van der Waals surface area contributed by atoms with Gasteiger partial charge in [-0.3, -0.25) is 14.4 Å². The van der Waals surface area contributed by atoms with E-state index in [1.54, 1.807) is 31.2 Å². The summed E-state index contributed by atoms with van der Waals surface area (Å²) >= 11 is -3.94. The van der Waals surface area contributed by atoms with E-state index in [1.807, 2.05) is 19.6 Å². The van der Waals surface area contributed by atoms with Crippen molar-refractivity contribution >= 4 is 65.8 Å². The summed E-state index contributed by atoms with van der Waals surface area (Å²) in [5, 5.41) is 24.7. The van der Waals surface area contributed by atoms with Crippen LogP contribution >= 0.6 is 0 Å². The van der Waals surface area contributed by atoms with Gasteiger partial charge < -0.3 is 20.3 Å². The van der Waals surface area contributed by atoms with Crippen molar-refractivity contribution < 1.29 is 54.2 Å². The normalized spacial score (nSPS) is 24.1. The van der Waals surface area contributed by atoms with Gasteiger partial charge in [0.05, 0.1) is 5.94 Å². The van der Waals surface area contributed by atoms with Gasteiger partial charge in [0, 0.05) is 24.9 Å². The van der Waals surface area contributed by atoms with Gasteiger partial charge in [-0.15, -0.1) is 0 Å². The number of carbonyl (C=O) groups excluding carboxylic acids is 7. The summed E-state index contributed by atoms with van der Waals surface area (Å²) in [7, 11) is -1.63. The molecule has 4 aliphatic heterocycles. The molecule has 21 heteroatoms. The molecule has 4 heterocycles. The SMILES string of the molecule is C[C@@H](NC(=O)c1ccc(CCC(=O)CCCNC(=O)CN2CCN3CCN4CCN(CC2)CC(=O)[O][Ga]([O]C(=O)C3)[O]C(=O)C4)cc1)C(=O)N1CCC[C@H]1B(O)O. The summed E-state index contributed by atoms with van der Waals surface area (Å²) < 4.78 is 16.1. The fraction of sp³-hybridized carbons (Fsp3) is 0.639. The van der Waals surface area contributed by atoms with Crippen molar-refractivity contribution in [2.75, 3.05) is 91.6 Å². The second-order valence-electron chi connectivity index (χ2n) is 14.9. The topological polar surface area (TPSA) is 228 Å². The molecule has 4 atom stereocenters. The van der Waals surface area contributed by atoms with Crippen LogP contribution in [0.5, 0.6) is 0 Å². The molecule has 5 rings (SSSR count). The number of likely N-dealkylation sites (tertiary alicyclic amines) is 1. The molecule has 2 unspecified atom stereocenters. The average Bonchev–Trinajstić information content (AvgIpc) is 3.65. The second-order valence-corrected chi connectivity index (χ2v) is 17.6.